The average molecular weight is 301 g/mol. The van der Waals surface area contributed by atoms with Gasteiger partial charge in [0.05, 0.1) is 11.3 Å². The number of carbonyl (C=O) groups excluding carboxylic acids is 1. The van der Waals surface area contributed by atoms with Crippen LogP contribution in [0.4, 0.5) is 4.79 Å². The SMILES string of the molecule is O=C(NCc1ccc(-n2cncn2)cc1)NCC1(O)CCC1. The van der Waals surface area contributed by atoms with Crippen LogP contribution in [0.3, 0.4) is 0 Å². The zero-order chi connectivity index (χ0) is 15.4. The van der Waals surface area contributed by atoms with Crippen molar-refractivity contribution in [2.24, 2.45) is 0 Å². The van der Waals surface area contributed by atoms with Crippen molar-refractivity contribution in [1.29, 1.82) is 0 Å². The lowest BCUT2D eigenvalue weighted by molar-refractivity contribution is -0.0290. The first-order valence-corrected chi connectivity index (χ1v) is 7.33. The van der Waals surface area contributed by atoms with Gasteiger partial charge in [0.2, 0.25) is 0 Å². The molecule has 1 heterocycles. The van der Waals surface area contributed by atoms with Gasteiger partial charge in [-0.25, -0.2) is 14.5 Å². The molecule has 1 aromatic carbocycles. The number of aliphatic hydroxyl groups is 1. The predicted molar refractivity (Wildman–Crippen MR) is 80.4 cm³/mol. The molecule has 1 saturated carbocycles. The highest BCUT2D eigenvalue weighted by Crippen LogP contribution is 2.30. The fourth-order valence-corrected chi connectivity index (χ4v) is 2.36. The van der Waals surface area contributed by atoms with Crippen LogP contribution < -0.4 is 10.6 Å². The van der Waals surface area contributed by atoms with E-state index in [2.05, 4.69) is 20.7 Å². The minimum absolute atomic E-state index is 0.263. The van der Waals surface area contributed by atoms with Gasteiger partial charge in [-0.2, -0.15) is 5.10 Å². The number of nitrogens with zero attached hydrogens (tertiary/aromatic N) is 3. The predicted octanol–water partition coefficient (Wildman–Crippen LogP) is 0.981. The van der Waals surface area contributed by atoms with Crippen molar-refractivity contribution in [1.82, 2.24) is 25.4 Å². The Hall–Kier alpha value is -2.41. The first-order chi connectivity index (χ1) is 10.6. The van der Waals surface area contributed by atoms with Crippen molar-refractivity contribution in [2.45, 2.75) is 31.4 Å². The molecule has 0 spiro atoms. The van der Waals surface area contributed by atoms with Crippen LogP contribution >= 0.6 is 0 Å². The van der Waals surface area contributed by atoms with Crippen molar-refractivity contribution in [3.05, 3.63) is 42.5 Å². The van der Waals surface area contributed by atoms with Gasteiger partial charge in [-0.05, 0) is 37.0 Å². The summed E-state index contributed by atoms with van der Waals surface area (Å²) in [5.74, 6) is 0. The van der Waals surface area contributed by atoms with Crippen molar-refractivity contribution in [2.75, 3.05) is 6.54 Å². The number of hydrogen-bond donors (Lipinski definition) is 3. The molecule has 1 fully saturated rings. The zero-order valence-electron chi connectivity index (χ0n) is 12.2. The zero-order valence-corrected chi connectivity index (χ0v) is 12.2. The molecule has 2 aromatic rings. The third-order valence-corrected chi connectivity index (χ3v) is 3.93. The van der Waals surface area contributed by atoms with Gasteiger partial charge < -0.3 is 15.7 Å². The Balaban J connectivity index is 1.46. The summed E-state index contributed by atoms with van der Waals surface area (Å²) in [7, 11) is 0. The van der Waals surface area contributed by atoms with Gasteiger partial charge in [-0.3, -0.25) is 0 Å². The van der Waals surface area contributed by atoms with Gasteiger partial charge in [0.15, 0.2) is 0 Å². The molecule has 1 aliphatic rings. The van der Waals surface area contributed by atoms with Crippen LogP contribution in [-0.4, -0.2) is 38.0 Å². The number of hydrogen-bond acceptors (Lipinski definition) is 4. The summed E-state index contributed by atoms with van der Waals surface area (Å²) < 4.78 is 1.67. The molecule has 0 saturated heterocycles. The molecule has 1 aliphatic carbocycles. The lowest BCUT2D eigenvalue weighted by atomic mass is 9.80. The number of urea groups is 1. The first-order valence-electron chi connectivity index (χ1n) is 7.33. The van der Waals surface area contributed by atoms with Crippen LogP contribution in [0.15, 0.2) is 36.9 Å². The molecular weight excluding hydrogens is 282 g/mol. The number of rotatable bonds is 5. The van der Waals surface area contributed by atoms with Crippen LogP contribution in [0, 0.1) is 0 Å². The summed E-state index contributed by atoms with van der Waals surface area (Å²) >= 11 is 0. The lowest BCUT2D eigenvalue weighted by Crippen LogP contribution is -2.49. The number of aromatic nitrogens is 3. The Bertz CT molecular complexity index is 620. The van der Waals surface area contributed by atoms with Gasteiger partial charge in [0.25, 0.3) is 0 Å². The first kappa shape index (κ1) is 14.5. The molecule has 22 heavy (non-hydrogen) atoms. The molecule has 3 N–H and O–H groups in total. The fourth-order valence-electron chi connectivity index (χ4n) is 2.36. The molecule has 0 unspecified atom stereocenters. The smallest absolute Gasteiger partial charge is 0.315 e. The monoisotopic (exact) mass is 301 g/mol. The van der Waals surface area contributed by atoms with E-state index in [1.54, 1.807) is 11.0 Å². The second-order valence-electron chi connectivity index (χ2n) is 5.62. The van der Waals surface area contributed by atoms with E-state index in [9.17, 15) is 9.90 Å². The summed E-state index contributed by atoms with van der Waals surface area (Å²) in [6.07, 6.45) is 5.66. The molecule has 116 valence electrons. The van der Waals surface area contributed by atoms with E-state index in [1.165, 1.54) is 6.33 Å². The Morgan fingerprint density at radius 2 is 2.05 bits per heavy atom. The van der Waals surface area contributed by atoms with Crippen LogP contribution in [0.25, 0.3) is 5.69 Å². The molecule has 1 aromatic heterocycles. The van der Waals surface area contributed by atoms with E-state index < -0.39 is 5.60 Å². The highest BCUT2D eigenvalue weighted by molar-refractivity contribution is 5.73. The fraction of sp³-hybridized carbons (Fsp3) is 0.400. The quantitative estimate of drug-likeness (QED) is 0.767. The molecule has 7 heteroatoms. The highest BCUT2D eigenvalue weighted by Gasteiger charge is 2.34. The Morgan fingerprint density at radius 1 is 1.27 bits per heavy atom. The third-order valence-electron chi connectivity index (χ3n) is 3.93. The van der Waals surface area contributed by atoms with Crippen molar-refractivity contribution >= 4 is 6.03 Å². The topological polar surface area (TPSA) is 92.1 Å². The summed E-state index contributed by atoms with van der Waals surface area (Å²) in [5.41, 5.74) is 1.20. The minimum atomic E-state index is -0.698. The second-order valence-corrected chi connectivity index (χ2v) is 5.62. The van der Waals surface area contributed by atoms with E-state index in [0.29, 0.717) is 13.1 Å². The van der Waals surface area contributed by atoms with Crippen molar-refractivity contribution in [3.8, 4) is 5.69 Å². The van der Waals surface area contributed by atoms with Gasteiger partial charge in [0.1, 0.15) is 12.7 Å². The summed E-state index contributed by atoms with van der Waals surface area (Å²) in [5, 5.41) is 19.4. The average Bonchev–Trinajstić information content (AvgIpc) is 3.04. The van der Waals surface area contributed by atoms with Crippen molar-refractivity contribution < 1.29 is 9.90 Å². The molecular formula is C15H19N5O2. The van der Waals surface area contributed by atoms with Gasteiger partial charge in [-0.1, -0.05) is 12.1 Å². The van der Waals surface area contributed by atoms with E-state index in [4.69, 9.17) is 0 Å². The number of amides is 2. The van der Waals surface area contributed by atoms with Gasteiger partial charge >= 0.3 is 6.03 Å². The largest absolute Gasteiger partial charge is 0.388 e. The van der Waals surface area contributed by atoms with E-state index in [0.717, 1.165) is 30.5 Å². The van der Waals surface area contributed by atoms with Gasteiger partial charge in [0, 0.05) is 13.1 Å². The maximum absolute atomic E-state index is 11.7. The molecule has 2 amide bonds. The molecule has 7 nitrogen and oxygen atoms in total. The summed E-state index contributed by atoms with van der Waals surface area (Å²) in [4.78, 5) is 15.6. The Labute approximate surface area is 128 Å². The molecule has 0 bridgehead atoms. The van der Waals surface area contributed by atoms with E-state index in [1.807, 2.05) is 24.3 Å². The van der Waals surface area contributed by atoms with E-state index in [-0.39, 0.29) is 6.03 Å². The number of carbonyl (C=O) groups is 1. The normalized spacial score (nSPS) is 15.9. The second kappa shape index (κ2) is 6.15. The Kier molecular flexibility index (Phi) is 4.06. The van der Waals surface area contributed by atoms with Crippen LogP contribution in [0.2, 0.25) is 0 Å². The molecule has 0 radical (unpaired) electrons. The Morgan fingerprint density at radius 3 is 2.64 bits per heavy atom. The number of nitrogens with one attached hydrogen (secondary N) is 2. The molecule has 0 aliphatic heterocycles. The lowest BCUT2D eigenvalue weighted by Gasteiger charge is -2.36. The summed E-state index contributed by atoms with van der Waals surface area (Å²) in [6, 6.07) is 7.43. The van der Waals surface area contributed by atoms with Gasteiger partial charge in [-0.15, -0.1) is 0 Å². The highest BCUT2D eigenvalue weighted by atomic mass is 16.3. The van der Waals surface area contributed by atoms with Crippen LogP contribution in [0.1, 0.15) is 24.8 Å². The third kappa shape index (κ3) is 3.43. The standard InChI is InChI=1S/C15H19N5O2/c21-14(18-9-15(22)6-1-7-15)17-8-12-2-4-13(5-3-12)20-11-16-10-19-20/h2-5,10-11,22H,1,6-9H2,(H2,17,18,21). The van der Waals surface area contributed by atoms with Crippen LogP contribution in [0.5, 0.6) is 0 Å². The van der Waals surface area contributed by atoms with Crippen LogP contribution in [-0.2, 0) is 6.54 Å². The maximum atomic E-state index is 11.7. The van der Waals surface area contributed by atoms with Crippen molar-refractivity contribution in [3.63, 3.8) is 0 Å². The molecule has 0 atom stereocenters. The summed E-state index contributed by atoms with van der Waals surface area (Å²) in [6.45, 7) is 0.742. The van der Waals surface area contributed by atoms with E-state index >= 15 is 0 Å². The number of benzene rings is 1. The maximum Gasteiger partial charge on any atom is 0.315 e. The molecule has 3 rings (SSSR count). The minimum Gasteiger partial charge on any atom is -0.388 e.